The normalized spacial score (nSPS) is 10.8. The third-order valence-electron chi connectivity index (χ3n) is 3.50. The number of imidazole rings is 1. The maximum atomic E-state index is 12.3. The molecule has 0 aliphatic heterocycles. The summed E-state index contributed by atoms with van der Waals surface area (Å²) < 4.78 is 0. The van der Waals surface area contributed by atoms with Gasteiger partial charge in [-0.2, -0.15) is 0 Å². The van der Waals surface area contributed by atoms with Crippen LogP contribution in [0, 0.1) is 0 Å². The van der Waals surface area contributed by atoms with Gasteiger partial charge >= 0.3 is 0 Å². The van der Waals surface area contributed by atoms with Crippen molar-refractivity contribution in [2.75, 3.05) is 0 Å². The monoisotopic (exact) mass is 335 g/mol. The highest BCUT2D eigenvalue weighted by atomic mass is 32.1. The number of rotatable bonds is 4. The number of hydrogen-bond donors (Lipinski definition) is 2. The molecule has 24 heavy (non-hydrogen) atoms. The van der Waals surface area contributed by atoms with Crippen molar-refractivity contribution >= 4 is 28.4 Å². The Morgan fingerprint density at radius 1 is 1.17 bits per heavy atom. The quantitative estimate of drug-likeness (QED) is 0.600. The molecule has 2 N–H and O–H groups in total. The lowest BCUT2D eigenvalue weighted by Crippen LogP contribution is -2.21. The Morgan fingerprint density at radius 2 is 2.08 bits per heavy atom. The van der Waals surface area contributed by atoms with Gasteiger partial charge in [0.2, 0.25) is 0 Å². The number of fused-ring (bicyclic) bond motifs is 1. The molecule has 6 nitrogen and oxygen atoms in total. The van der Waals surface area contributed by atoms with E-state index in [0.29, 0.717) is 17.1 Å². The Morgan fingerprint density at radius 3 is 2.92 bits per heavy atom. The summed E-state index contributed by atoms with van der Waals surface area (Å²) in [4.78, 5) is 29.7. The molecule has 0 aliphatic carbocycles. The second-order valence-corrected chi connectivity index (χ2v) is 6.25. The number of nitrogens with zero attached hydrogens (tertiary/aromatic N) is 3. The van der Waals surface area contributed by atoms with Gasteiger partial charge in [-0.05, 0) is 35.9 Å². The van der Waals surface area contributed by atoms with Gasteiger partial charge in [-0.15, -0.1) is 11.3 Å². The van der Waals surface area contributed by atoms with Gasteiger partial charge < -0.3 is 10.3 Å². The molecule has 0 bridgehead atoms. The number of amides is 1. The first kappa shape index (κ1) is 14.5. The number of hydrogen-bond acceptors (Lipinski definition) is 5. The van der Waals surface area contributed by atoms with Crippen LogP contribution in [0.25, 0.3) is 21.9 Å². The molecule has 0 saturated carbocycles. The van der Waals surface area contributed by atoms with E-state index in [9.17, 15) is 4.79 Å². The first-order valence-electron chi connectivity index (χ1n) is 7.37. The molecule has 1 amide bonds. The van der Waals surface area contributed by atoms with Crippen LogP contribution in [0.1, 0.15) is 15.2 Å². The molecule has 4 aromatic rings. The molecular weight excluding hydrogens is 322 g/mol. The van der Waals surface area contributed by atoms with Crippen LogP contribution in [-0.4, -0.2) is 25.8 Å². The number of thiophene rings is 1. The van der Waals surface area contributed by atoms with E-state index in [-0.39, 0.29) is 5.91 Å². The fourth-order valence-electron chi connectivity index (χ4n) is 2.32. The zero-order valence-corrected chi connectivity index (χ0v) is 13.4. The summed E-state index contributed by atoms with van der Waals surface area (Å²) >= 11 is 1.40. The molecule has 0 unspecified atom stereocenters. The Bertz CT molecular complexity index is 959. The molecule has 0 fully saturated rings. The second-order valence-electron chi connectivity index (χ2n) is 5.17. The van der Waals surface area contributed by atoms with E-state index in [1.165, 1.54) is 11.3 Å². The predicted octanol–water partition coefficient (Wildman–Crippen LogP) is 3.01. The maximum Gasteiger partial charge on any atom is 0.261 e. The van der Waals surface area contributed by atoms with Crippen molar-refractivity contribution in [3.8, 4) is 10.7 Å². The summed E-state index contributed by atoms with van der Waals surface area (Å²) in [6.45, 7) is 0.453. The highest BCUT2D eigenvalue weighted by molar-refractivity contribution is 7.17. The molecule has 118 valence electrons. The summed E-state index contributed by atoms with van der Waals surface area (Å²) in [5, 5.41) is 2.90. The maximum absolute atomic E-state index is 12.3. The average Bonchev–Trinajstić information content (AvgIpc) is 3.27. The smallest absolute Gasteiger partial charge is 0.261 e. The van der Waals surface area contributed by atoms with Crippen LogP contribution in [0.4, 0.5) is 0 Å². The Hall–Kier alpha value is -3.06. The molecule has 0 radical (unpaired) electrons. The van der Waals surface area contributed by atoms with E-state index in [1.807, 2.05) is 30.3 Å². The van der Waals surface area contributed by atoms with E-state index in [0.717, 1.165) is 21.8 Å². The summed E-state index contributed by atoms with van der Waals surface area (Å²) in [6, 6.07) is 11.2. The van der Waals surface area contributed by atoms with Gasteiger partial charge in [-0.25, -0.2) is 9.97 Å². The first-order chi connectivity index (χ1) is 11.8. The molecule has 0 atom stereocenters. The Labute approximate surface area is 141 Å². The summed E-state index contributed by atoms with van der Waals surface area (Å²) in [5.74, 6) is 0.615. The van der Waals surface area contributed by atoms with Crippen molar-refractivity contribution in [3.05, 3.63) is 65.4 Å². The number of nitrogens with one attached hydrogen (secondary N) is 2. The lowest BCUT2D eigenvalue weighted by Gasteiger charge is -2.02. The number of carbonyl (C=O) groups excluding carboxylic acids is 1. The van der Waals surface area contributed by atoms with Gasteiger partial charge in [0.15, 0.2) is 11.5 Å². The topological polar surface area (TPSA) is 83.6 Å². The van der Waals surface area contributed by atoms with Gasteiger partial charge in [0.05, 0.1) is 15.3 Å². The summed E-state index contributed by atoms with van der Waals surface area (Å²) in [5.41, 5.74) is 2.51. The number of H-pyrrole nitrogens is 1. The molecular formula is C17H13N5OS. The fraction of sp³-hybridized carbons (Fsp3) is 0.0588. The largest absolute Gasteiger partial charge is 0.347 e. The number of aromatic amines is 1. The van der Waals surface area contributed by atoms with Crippen molar-refractivity contribution in [3.63, 3.8) is 0 Å². The standard InChI is InChI=1S/C17H13N5OS/c23-17(20-10-11-3-1-7-18-9-11)14-6-5-13(24-14)16-21-12-4-2-8-19-15(12)22-16/h1-9H,10H2,(H,20,23)(H,19,21,22). The third-order valence-corrected chi connectivity index (χ3v) is 4.59. The molecule has 4 heterocycles. The van der Waals surface area contributed by atoms with Gasteiger partial charge in [-0.3, -0.25) is 9.78 Å². The predicted molar refractivity (Wildman–Crippen MR) is 92.6 cm³/mol. The minimum Gasteiger partial charge on any atom is -0.347 e. The SMILES string of the molecule is O=C(NCc1cccnc1)c1ccc(-c2nc3ncccc3[nH]2)s1. The third kappa shape index (κ3) is 2.89. The van der Waals surface area contributed by atoms with E-state index in [2.05, 4.69) is 25.3 Å². The van der Waals surface area contributed by atoms with Crippen molar-refractivity contribution in [2.24, 2.45) is 0 Å². The zero-order chi connectivity index (χ0) is 16.4. The van der Waals surface area contributed by atoms with Gasteiger partial charge in [0.25, 0.3) is 5.91 Å². The lowest BCUT2D eigenvalue weighted by atomic mass is 10.3. The van der Waals surface area contributed by atoms with Crippen LogP contribution in [0.15, 0.2) is 55.0 Å². The van der Waals surface area contributed by atoms with Crippen LogP contribution in [0.2, 0.25) is 0 Å². The summed E-state index contributed by atoms with van der Waals surface area (Å²) in [7, 11) is 0. The molecule has 0 aromatic carbocycles. The number of aromatic nitrogens is 4. The van der Waals surface area contributed by atoms with E-state index in [4.69, 9.17) is 0 Å². The molecule has 4 rings (SSSR count). The molecule has 0 aliphatic rings. The van der Waals surface area contributed by atoms with Crippen molar-refractivity contribution in [1.82, 2.24) is 25.3 Å². The molecule has 4 aromatic heterocycles. The minimum absolute atomic E-state index is 0.107. The fourth-order valence-corrected chi connectivity index (χ4v) is 3.19. The second kappa shape index (κ2) is 6.21. The van der Waals surface area contributed by atoms with Crippen molar-refractivity contribution < 1.29 is 4.79 Å². The summed E-state index contributed by atoms with van der Waals surface area (Å²) in [6.07, 6.45) is 5.15. The van der Waals surface area contributed by atoms with Crippen molar-refractivity contribution in [1.29, 1.82) is 0 Å². The minimum atomic E-state index is -0.107. The molecule has 0 spiro atoms. The van der Waals surface area contributed by atoms with Crippen LogP contribution in [-0.2, 0) is 6.54 Å². The number of carbonyl (C=O) groups is 1. The average molecular weight is 335 g/mol. The zero-order valence-electron chi connectivity index (χ0n) is 12.6. The van der Waals surface area contributed by atoms with Crippen LogP contribution in [0.3, 0.4) is 0 Å². The van der Waals surface area contributed by atoms with Gasteiger partial charge in [-0.1, -0.05) is 6.07 Å². The van der Waals surface area contributed by atoms with Gasteiger partial charge in [0, 0.05) is 25.1 Å². The van der Waals surface area contributed by atoms with Crippen LogP contribution >= 0.6 is 11.3 Å². The number of pyridine rings is 2. The van der Waals surface area contributed by atoms with Crippen LogP contribution < -0.4 is 5.32 Å². The Kier molecular flexibility index (Phi) is 3.76. The van der Waals surface area contributed by atoms with E-state index >= 15 is 0 Å². The Balaban J connectivity index is 1.50. The van der Waals surface area contributed by atoms with Crippen LogP contribution in [0.5, 0.6) is 0 Å². The molecule has 7 heteroatoms. The lowest BCUT2D eigenvalue weighted by molar-refractivity contribution is 0.0955. The van der Waals surface area contributed by atoms with Crippen molar-refractivity contribution in [2.45, 2.75) is 6.54 Å². The molecule has 0 saturated heterocycles. The highest BCUT2D eigenvalue weighted by Crippen LogP contribution is 2.27. The highest BCUT2D eigenvalue weighted by Gasteiger charge is 2.13. The van der Waals surface area contributed by atoms with E-state index < -0.39 is 0 Å². The van der Waals surface area contributed by atoms with E-state index in [1.54, 1.807) is 24.7 Å². The first-order valence-corrected chi connectivity index (χ1v) is 8.19. The van der Waals surface area contributed by atoms with Gasteiger partial charge in [0.1, 0.15) is 0 Å².